The van der Waals surface area contributed by atoms with Crippen molar-refractivity contribution in [3.63, 3.8) is 0 Å². The SMILES string of the molecule is CCCSc1cccc(N2CCN(B(C)O)CC2)c1C=O. The maximum atomic E-state index is 11.5. The molecule has 1 aliphatic rings. The van der Waals surface area contributed by atoms with E-state index in [0.29, 0.717) is 0 Å². The third kappa shape index (κ3) is 4.02. The number of carbonyl (C=O) groups excluding carboxylic acids is 1. The molecule has 0 atom stereocenters. The van der Waals surface area contributed by atoms with E-state index in [2.05, 4.69) is 11.8 Å². The quantitative estimate of drug-likeness (QED) is 0.496. The van der Waals surface area contributed by atoms with Crippen molar-refractivity contribution in [3.8, 4) is 0 Å². The number of nitrogens with zero attached hydrogens (tertiary/aromatic N) is 2. The molecule has 0 radical (unpaired) electrons. The minimum absolute atomic E-state index is 0.399. The molecule has 1 fully saturated rings. The summed E-state index contributed by atoms with van der Waals surface area (Å²) in [4.78, 5) is 16.9. The molecule has 1 aliphatic heterocycles. The molecular formula is C15H23BN2O2S. The van der Waals surface area contributed by atoms with Gasteiger partial charge in [0.2, 0.25) is 0 Å². The second-order valence-electron chi connectivity index (χ2n) is 5.31. The first-order valence-electron chi connectivity index (χ1n) is 7.55. The number of anilines is 1. The summed E-state index contributed by atoms with van der Waals surface area (Å²) < 4.78 is 0. The zero-order valence-electron chi connectivity index (χ0n) is 12.8. The highest BCUT2D eigenvalue weighted by Crippen LogP contribution is 2.30. The van der Waals surface area contributed by atoms with Crippen molar-refractivity contribution < 1.29 is 9.82 Å². The lowest BCUT2D eigenvalue weighted by atomic mass is 9.84. The van der Waals surface area contributed by atoms with Gasteiger partial charge in [-0.2, -0.15) is 0 Å². The maximum absolute atomic E-state index is 11.5. The van der Waals surface area contributed by atoms with E-state index in [1.165, 1.54) is 0 Å². The number of carbonyl (C=O) groups is 1. The fourth-order valence-electron chi connectivity index (χ4n) is 2.60. The van der Waals surface area contributed by atoms with Crippen LogP contribution in [0.2, 0.25) is 6.82 Å². The van der Waals surface area contributed by atoms with Crippen molar-refractivity contribution >= 4 is 30.8 Å². The number of rotatable bonds is 6. The van der Waals surface area contributed by atoms with Gasteiger partial charge >= 0.3 is 7.05 Å². The van der Waals surface area contributed by atoms with Crippen LogP contribution in [-0.4, -0.2) is 55.1 Å². The molecule has 1 aromatic rings. The fraction of sp³-hybridized carbons (Fsp3) is 0.533. The Bertz CT molecular complexity index is 477. The van der Waals surface area contributed by atoms with Crippen molar-refractivity contribution in [2.75, 3.05) is 36.8 Å². The van der Waals surface area contributed by atoms with Crippen LogP contribution in [0.25, 0.3) is 0 Å². The molecule has 114 valence electrons. The molecular weight excluding hydrogens is 283 g/mol. The van der Waals surface area contributed by atoms with E-state index in [9.17, 15) is 9.82 Å². The van der Waals surface area contributed by atoms with Crippen LogP contribution in [0.15, 0.2) is 23.1 Å². The summed E-state index contributed by atoms with van der Waals surface area (Å²) in [7, 11) is -0.399. The third-order valence-electron chi connectivity index (χ3n) is 3.81. The summed E-state index contributed by atoms with van der Waals surface area (Å²) in [6.07, 6.45) is 2.08. The van der Waals surface area contributed by atoms with Crippen molar-refractivity contribution in [2.24, 2.45) is 0 Å². The van der Waals surface area contributed by atoms with Crippen LogP contribution in [-0.2, 0) is 0 Å². The molecule has 1 heterocycles. The van der Waals surface area contributed by atoms with Crippen LogP contribution >= 0.6 is 11.8 Å². The molecule has 1 aromatic carbocycles. The highest BCUT2D eigenvalue weighted by molar-refractivity contribution is 7.99. The largest absolute Gasteiger partial charge is 0.437 e. The number of thioether (sulfide) groups is 1. The molecule has 0 amide bonds. The van der Waals surface area contributed by atoms with Crippen molar-refractivity contribution in [1.82, 2.24) is 4.81 Å². The molecule has 2 rings (SSSR count). The van der Waals surface area contributed by atoms with E-state index in [1.807, 2.05) is 23.0 Å². The summed E-state index contributed by atoms with van der Waals surface area (Å²) in [5.74, 6) is 1.03. The van der Waals surface area contributed by atoms with E-state index in [0.717, 1.165) is 60.8 Å². The number of hydrogen-bond donors (Lipinski definition) is 1. The predicted octanol–water partition coefficient (Wildman–Crippen LogP) is 2.23. The zero-order valence-corrected chi connectivity index (χ0v) is 13.6. The number of piperazine rings is 1. The molecule has 0 unspecified atom stereocenters. The van der Waals surface area contributed by atoms with Crippen LogP contribution in [0, 0.1) is 0 Å². The van der Waals surface area contributed by atoms with Gasteiger partial charge in [0.15, 0.2) is 6.29 Å². The van der Waals surface area contributed by atoms with Gasteiger partial charge < -0.3 is 14.7 Å². The topological polar surface area (TPSA) is 43.8 Å². The molecule has 0 saturated carbocycles. The Morgan fingerprint density at radius 2 is 2.05 bits per heavy atom. The molecule has 4 nitrogen and oxygen atoms in total. The standard InChI is InChI=1S/C15H23BN2O2S/c1-3-11-21-15-6-4-5-14(13(15)12-19)17-7-9-18(10-8-17)16(2)20/h4-6,12,20H,3,7-11H2,1-2H3. The van der Waals surface area contributed by atoms with Crippen LogP contribution in [0.4, 0.5) is 5.69 Å². The molecule has 0 aliphatic carbocycles. The smallest absolute Gasteiger partial charge is 0.376 e. The van der Waals surface area contributed by atoms with Crippen LogP contribution in [0.3, 0.4) is 0 Å². The number of aldehydes is 1. The first-order chi connectivity index (χ1) is 10.2. The molecule has 6 heteroatoms. The summed E-state index contributed by atoms with van der Waals surface area (Å²) >= 11 is 1.75. The normalized spacial score (nSPS) is 16.0. The van der Waals surface area contributed by atoms with E-state index >= 15 is 0 Å². The zero-order chi connectivity index (χ0) is 15.2. The summed E-state index contributed by atoms with van der Waals surface area (Å²) in [6, 6.07) is 6.08. The lowest BCUT2D eigenvalue weighted by Gasteiger charge is -2.37. The van der Waals surface area contributed by atoms with Gasteiger partial charge in [-0.25, -0.2) is 0 Å². The maximum Gasteiger partial charge on any atom is 0.376 e. The molecule has 0 aromatic heterocycles. The van der Waals surface area contributed by atoms with Gasteiger partial charge in [-0.1, -0.05) is 13.0 Å². The summed E-state index contributed by atoms with van der Waals surface area (Å²) in [5, 5.41) is 9.62. The number of benzene rings is 1. The van der Waals surface area contributed by atoms with E-state index in [4.69, 9.17) is 0 Å². The fourth-order valence-corrected chi connectivity index (χ4v) is 3.51. The van der Waals surface area contributed by atoms with Crippen LogP contribution in [0.5, 0.6) is 0 Å². The average molecular weight is 306 g/mol. The first-order valence-corrected chi connectivity index (χ1v) is 8.54. The van der Waals surface area contributed by atoms with Gasteiger partial charge in [0, 0.05) is 36.8 Å². The first kappa shape index (κ1) is 16.4. The molecule has 1 saturated heterocycles. The van der Waals surface area contributed by atoms with Crippen LogP contribution < -0.4 is 4.90 Å². The molecule has 1 N–H and O–H groups in total. The van der Waals surface area contributed by atoms with Crippen molar-refractivity contribution in [3.05, 3.63) is 23.8 Å². The highest BCUT2D eigenvalue weighted by atomic mass is 32.2. The third-order valence-corrected chi connectivity index (χ3v) is 5.09. The van der Waals surface area contributed by atoms with Gasteiger partial charge in [0.25, 0.3) is 0 Å². The number of hydrogen-bond acceptors (Lipinski definition) is 5. The lowest BCUT2D eigenvalue weighted by Crippen LogP contribution is -2.51. The molecule has 0 bridgehead atoms. The highest BCUT2D eigenvalue weighted by Gasteiger charge is 2.24. The van der Waals surface area contributed by atoms with Gasteiger partial charge in [0.1, 0.15) is 0 Å². The van der Waals surface area contributed by atoms with Crippen molar-refractivity contribution in [2.45, 2.75) is 25.1 Å². The Labute approximate surface area is 131 Å². The lowest BCUT2D eigenvalue weighted by molar-refractivity contribution is 0.112. The van der Waals surface area contributed by atoms with E-state index in [1.54, 1.807) is 18.6 Å². The van der Waals surface area contributed by atoms with Gasteiger partial charge in [0.05, 0.1) is 5.56 Å². The molecule has 21 heavy (non-hydrogen) atoms. The van der Waals surface area contributed by atoms with Crippen molar-refractivity contribution in [1.29, 1.82) is 0 Å². The minimum Gasteiger partial charge on any atom is -0.437 e. The molecule has 0 spiro atoms. The van der Waals surface area contributed by atoms with E-state index < -0.39 is 7.05 Å². The Kier molecular flexibility index (Phi) is 6.14. The van der Waals surface area contributed by atoms with Gasteiger partial charge in [-0.05, 0) is 31.1 Å². The van der Waals surface area contributed by atoms with Gasteiger partial charge in [-0.3, -0.25) is 4.79 Å². The Hall–Kier alpha value is -0.975. The average Bonchev–Trinajstić information content (AvgIpc) is 2.52. The summed E-state index contributed by atoms with van der Waals surface area (Å²) in [5.41, 5.74) is 1.83. The Morgan fingerprint density at radius 1 is 1.33 bits per heavy atom. The predicted molar refractivity (Wildman–Crippen MR) is 90.5 cm³/mol. The minimum atomic E-state index is -0.399. The second-order valence-corrected chi connectivity index (χ2v) is 6.45. The van der Waals surface area contributed by atoms with Gasteiger partial charge in [-0.15, -0.1) is 11.8 Å². The van der Waals surface area contributed by atoms with Crippen LogP contribution in [0.1, 0.15) is 23.7 Å². The summed E-state index contributed by atoms with van der Waals surface area (Å²) in [6.45, 7) is 7.27. The Balaban J connectivity index is 2.14. The monoisotopic (exact) mass is 306 g/mol. The second kappa shape index (κ2) is 7.87. The van der Waals surface area contributed by atoms with E-state index in [-0.39, 0.29) is 0 Å². The Morgan fingerprint density at radius 3 is 2.62 bits per heavy atom.